The molecule has 0 spiro atoms. The molecule has 0 aromatic heterocycles. The lowest BCUT2D eigenvalue weighted by Crippen LogP contribution is -2.54. The van der Waals surface area contributed by atoms with Crippen molar-refractivity contribution in [3.8, 4) is 0 Å². The van der Waals surface area contributed by atoms with Crippen LogP contribution in [-0.2, 0) is 35.2 Å². The van der Waals surface area contributed by atoms with Crippen LogP contribution in [0.4, 0.5) is 4.79 Å². The summed E-state index contributed by atoms with van der Waals surface area (Å²) < 4.78 is 16.1. The molecule has 3 atom stereocenters. The first kappa shape index (κ1) is 29.1. The van der Waals surface area contributed by atoms with E-state index < -0.39 is 47.2 Å². The van der Waals surface area contributed by atoms with Crippen LogP contribution in [0.15, 0.2) is 30.3 Å². The van der Waals surface area contributed by atoms with E-state index in [2.05, 4.69) is 10.6 Å². The molecule has 0 bridgehead atoms. The highest BCUT2D eigenvalue weighted by atomic mass is 16.6. The van der Waals surface area contributed by atoms with E-state index in [0.29, 0.717) is 12.8 Å². The van der Waals surface area contributed by atoms with Crippen molar-refractivity contribution in [3.63, 3.8) is 0 Å². The lowest BCUT2D eigenvalue weighted by molar-refractivity contribution is -0.157. The molecule has 1 aliphatic rings. The Bertz CT molecular complexity index is 873. The molecule has 1 fully saturated rings. The van der Waals surface area contributed by atoms with Crippen molar-refractivity contribution in [2.24, 2.45) is 5.92 Å². The van der Waals surface area contributed by atoms with E-state index in [1.165, 1.54) is 0 Å². The molecule has 36 heavy (non-hydrogen) atoms. The molecule has 9 nitrogen and oxygen atoms in total. The van der Waals surface area contributed by atoms with Crippen molar-refractivity contribution >= 4 is 23.9 Å². The van der Waals surface area contributed by atoms with Crippen LogP contribution in [0.2, 0.25) is 0 Å². The third-order valence-corrected chi connectivity index (χ3v) is 5.42. The van der Waals surface area contributed by atoms with Crippen molar-refractivity contribution in [1.82, 2.24) is 10.6 Å². The Morgan fingerprint density at radius 1 is 0.917 bits per heavy atom. The molecule has 1 saturated carbocycles. The summed E-state index contributed by atoms with van der Waals surface area (Å²) >= 11 is 0. The Labute approximate surface area is 213 Å². The maximum atomic E-state index is 13.2. The average molecular weight is 505 g/mol. The highest BCUT2D eigenvalue weighted by molar-refractivity contribution is 5.90. The number of benzene rings is 1. The van der Waals surface area contributed by atoms with Crippen molar-refractivity contribution in [1.29, 1.82) is 0 Å². The Hall–Kier alpha value is -3.10. The minimum absolute atomic E-state index is 0.151. The van der Waals surface area contributed by atoms with E-state index >= 15 is 0 Å². The van der Waals surface area contributed by atoms with E-state index in [-0.39, 0.29) is 19.0 Å². The summed E-state index contributed by atoms with van der Waals surface area (Å²) in [6, 6.07) is 7.67. The van der Waals surface area contributed by atoms with Crippen LogP contribution in [0.1, 0.15) is 79.2 Å². The van der Waals surface area contributed by atoms with Gasteiger partial charge in [0.25, 0.3) is 0 Å². The highest BCUT2D eigenvalue weighted by Crippen LogP contribution is 2.26. The fraction of sp³-hybridized carbons (Fsp3) is 0.630. The molecule has 0 saturated heterocycles. The summed E-state index contributed by atoms with van der Waals surface area (Å²) in [5.41, 5.74) is -0.657. The number of carbonyl (C=O) groups excluding carboxylic acids is 4. The molecule has 1 aromatic rings. The predicted molar refractivity (Wildman–Crippen MR) is 134 cm³/mol. The summed E-state index contributed by atoms with van der Waals surface area (Å²) in [5.74, 6) is -2.12. The van der Waals surface area contributed by atoms with Crippen LogP contribution in [-0.4, -0.2) is 47.2 Å². The largest absolute Gasteiger partial charge is 0.461 e. The van der Waals surface area contributed by atoms with Gasteiger partial charge in [-0.1, -0.05) is 43.2 Å². The van der Waals surface area contributed by atoms with E-state index in [9.17, 15) is 19.2 Å². The maximum absolute atomic E-state index is 13.2. The average Bonchev–Trinajstić information content (AvgIpc) is 2.75. The maximum Gasteiger partial charge on any atom is 0.408 e. The van der Waals surface area contributed by atoms with Crippen LogP contribution in [0, 0.1) is 5.92 Å². The monoisotopic (exact) mass is 504 g/mol. The van der Waals surface area contributed by atoms with Gasteiger partial charge in [-0.3, -0.25) is 14.4 Å². The van der Waals surface area contributed by atoms with E-state index in [1.54, 1.807) is 41.5 Å². The Morgan fingerprint density at radius 3 is 2.14 bits per heavy atom. The number of amides is 2. The van der Waals surface area contributed by atoms with Gasteiger partial charge in [0, 0.05) is 6.04 Å². The van der Waals surface area contributed by atoms with E-state index in [0.717, 1.165) is 18.4 Å². The van der Waals surface area contributed by atoms with Crippen LogP contribution >= 0.6 is 0 Å². The normalized spacial score (nSPS) is 18.9. The first-order valence-electron chi connectivity index (χ1n) is 12.5. The third-order valence-electron chi connectivity index (χ3n) is 5.42. The van der Waals surface area contributed by atoms with Gasteiger partial charge in [0.05, 0.1) is 12.3 Å². The number of esters is 2. The molecule has 1 aromatic carbocycles. The molecule has 2 rings (SSSR count). The van der Waals surface area contributed by atoms with Crippen LogP contribution in [0.25, 0.3) is 0 Å². The SMILES string of the molecule is CC(C)(C)OC(=O)C[C@@H](NC(=O)OC(C)(C)C)C(=O)N[C@@H]1CCCC[C@@H]1C(=O)OCc1ccccc1. The summed E-state index contributed by atoms with van der Waals surface area (Å²) in [6.45, 7) is 10.4. The third kappa shape index (κ3) is 10.7. The molecule has 2 N–H and O–H groups in total. The number of rotatable bonds is 8. The summed E-state index contributed by atoms with van der Waals surface area (Å²) in [7, 11) is 0. The first-order chi connectivity index (χ1) is 16.7. The van der Waals surface area contributed by atoms with E-state index in [4.69, 9.17) is 14.2 Å². The number of hydrogen-bond acceptors (Lipinski definition) is 7. The van der Waals surface area contributed by atoms with Gasteiger partial charge in [-0.25, -0.2) is 4.79 Å². The molecule has 0 radical (unpaired) electrons. The van der Waals surface area contributed by atoms with Gasteiger partial charge in [-0.15, -0.1) is 0 Å². The van der Waals surface area contributed by atoms with Gasteiger partial charge in [0.1, 0.15) is 23.9 Å². The molecule has 9 heteroatoms. The second-order valence-corrected chi connectivity index (χ2v) is 11.1. The first-order valence-corrected chi connectivity index (χ1v) is 12.5. The van der Waals surface area contributed by atoms with Crippen molar-refractivity contribution in [3.05, 3.63) is 35.9 Å². The van der Waals surface area contributed by atoms with Gasteiger partial charge in [0.2, 0.25) is 5.91 Å². The zero-order valence-corrected chi connectivity index (χ0v) is 22.2. The van der Waals surface area contributed by atoms with Crippen LogP contribution in [0.5, 0.6) is 0 Å². The number of alkyl carbamates (subject to hydrolysis) is 1. The van der Waals surface area contributed by atoms with Gasteiger partial charge >= 0.3 is 18.0 Å². The molecule has 0 heterocycles. The minimum Gasteiger partial charge on any atom is -0.461 e. The Morgan fingerprint density at radius 2 is 1.53 bits per heavy atom. The van der Waals surface area contributed by atoms with Gasteiger partial charge in [0.15, 0.2) is 0 Å². The molecule has 2 amide bonds. The smallest absolute Gasteiger partial charge is 0.408 e. The molecule has 0 aliphatic heterocycles. The lowest BCUT2D eigenvalue weighted by atomic mass is 9.84. The zero-order valence-electron chi connectivity index (χ0n) is 22.2. The second-order valence-electron chi connectivity index (χ2n) is 11.1. The van der Waals surface area contributed by atoms with Gasteiger partial charge in [-0.05, 0) is 59.9 Å². The molecule has 0 unspecified atom stereocenters. The summed E-state index contributed by atoms with van der Waals surface area (Å²) in [4.78, 5) is 50.9. The van der Waals surface area contributed by atoms with Crippen LogP contribution < -0.4 is 10.6 Å². The summed E-state index contributed by atoms with van der Waals surface area (Å²) in [5, 5.41) is 5.35. The molecular formula is C27H40N2O7. The number of carbonyl (C=O) groups is 4. The lowest BCUT2D eigenvalue weighted by Gasteiger charge is -2.32. The van der Waals surface area contributed by atoms with Crippen LogP contribution in [0.3, 0.4) is 0 Å². The van der Waals surface area contributed by atoms with Gasteiger partial charge < -0.3 is 24.8 Å². The quantitative estimate of drug-likeness (QED) is 0.405. The second kappa shape index (κ2) is 12.7. The number of hydrogen-bond donors (Lipinski definition) is 2. The minimum atomic E-state index is -1.22. The molecular weight excluding hydrogens is 464 g/mol. The highest BCUT2D eigenvalue weighted by Gasteiger charge is 2.36. The standard InChI is InChI=1S/C27H40N2O7/c1-26(2,3)35-22(30)16-21(29-25(33)36-27(4,5)6)23(31)28-20-15-11-10-14-19(20)24(32)34-17-18-12-8-7-9-13-18/h7-9,12-13,19-21H,10-11,14-17H2,1-6H3,(H,28,31)(H,29,33)/t19-,20+,21+/m0/s1. The Kier molecular flexibility index (Phi) is 10.3. The van der Waals surface area contributed by atoms with Gasteiger partial charge in [-0.2, -0.15) is 0 Å². The van der Waals surface area contributed by atoms with Crippen molar-refractivity contribution in [2.45, 2.75) is 104 Å². The zero-order chi connectivity index (χ0) is 26.9. The summed E-state index contributed by atoms with van der Waals surface area (Å²) in [6.07, 6.45) is 1.64. The fourth-order valence-corrected chi connectivity index (χ4v) is 3.91. The van der Waals surface area contributed by atoms with Crippen molar-refractivity contribution < 1.29 is 33.4 Å². The Balaban J connectivity index is 2.08. The fourth-order valence-electron chi connectivity index (χ4n) is 3.91. The van der Waals surface area contributed by atoms with E-state index in [1.807, 2.05) is 30.3 Å². The van der Waals surface area contributed by atoms with Crippen molar-refractivity contribution in [2.75, 3.05) is 0 Å². The molecule has 200 valence electrons. The predicted octanol–water partition coefficient (Wildman–Crippen LogP) is 4.03. The number of ether oxygens (including phenoxy) is 3. The molecule has 1 aliphatic carbocycles. The topological polar surface area (TPSA) is 120 Å². The number of nitrogens with one attached hydrogen (secondary N) is 2.